The van der Waals surface area contributed by atoms with Crippen LogP contribution >= 0.6 is 0 Å². The van der Waals surface area contributed by atoms with Crippen LogP contribution < -0.4 is 10.6 Å². The Labute approximate surface area is 146 Å². The van der Waals surface area contributed by atoms with Crippen molar-refractivity contribution in [2.75, 3.05) is 5.32 Å². The number of rotatable bonds is 4. The molecule has 0 spiro atoms. The molecule has 6 heteroatoms. The van der Waals surface area contributed by atoms with Gasteiger partial charge in [-0.25, -0.2) is 9.18 Å². The standard InChI is InChI=1S/C19H21FN2O3/c1-19(2,3)25-18(24)22-16(13-8-5-4-6-9-13)17(23)21-15-11-7-10-14(20)12-15/h4-12,16H,1-3H3,(H,21,23)(H,22,24). The summed E-state index contributed by atoms with van der Waals surface area (Å²) in [4.78, 5) is 24.7. The lowest BCUT2D eigenvalue weighted by molar-refractivity contribution is -0.118. The number of nitrogens with one attached hydrogen (secondary N) is 2. The van der Waals surface area contributed by atoms with Gasteiger partial charge < -0.3 is 15.4 Å². The van der Waals surface area contributed by atoms with Crippen molar-refractivity contribution in [1.82, 2.24) is 5.32 Å². The molecule has 0 radical (unpaired) electrons. The Morgan fingerprint density at radius 3 is 2.32 bits per heavy atom. The Bertz CT molecular complexity index is 742. The SMILES string of the molecule is CC(C)(C)OC(=O)NC(C(=O)Nc1cccc(F)c1)c1ccccc1. The van der Waals surface area contributed by atoms with Crippen molar-refractivity contribution in [3.05, 3.63) is 66.0 Å². The molecule has 0 saturated carbocycles. The van der Waals surface area contributed by atoms with E-state index in [0.29, 0.717) is 11.3 Å². The van der Waals surface area contributed by atoms with Crippen molar-refractivity contribution in [2.24, 2.45) is 0 Å². The second-order valence-electron chi connectivity index (χ2n) is 6.49. The summed E-state index contributed by atoms with van der Waals surface area (Å²) in [5.74, 6) is -0.961. The number of carbonyl (C=O) groups is 2. The highest BCUT2D eigenvalue weighted by Gasteiger charge is 2.25. The number of amides is 2. The molecule has 132 valence electrons. The quantitative estimate of drug-likeness (QED) is 0.880. The number of benzene rings is 2. The fraction of sp³-hybridized carbons (Fsp3) is 0.263. The number of halogens is 1. The second kappa shape index (κ2) is 7.79. The largest absolute Gasteiger partial charge is 0.444 e. The van der Waals surface area contributed by atoms with Crippen molar-refractivity contribution < 1.29 is 18.7 Å². The first-order valence-electron chi connectivity index (χ1n) is 7.85. The highest BCUT2D eigenvalue weighted by Crippen LogP contribution is 2.18. The maximum Gasteiger partial charge on any atom is 0.408 e. The minimum absolute atomic E-state index is 0.303. The average molecular weight is 344 g/mol. The molecule has 2 N–H and O–H groups in total. The van der Waals surface area contributed by atoms with Crippen molar-refractivity contribution in [3.63, 3.8) is 0 Å². The van der Waals surface area contributed by atoms with Gasteiger partial charge in [-0.2, -0.15) is 0 Å². The Balaban J connectivity index is 2.19. The summed E-state index contributed by atoms with van der Waals surface area (Å²) in [6, 6.07) is 13.3. The molecule has 0 fully saturated rings. The topological polar surface area (TPSA) is 67.4 Å². The van der Waals surface area contributed by atoms with Crippen molar-refractivity contribution in [3.8, 4) is 0 Å². The number of alkyl carbamates (subject to hydrolysis) is 1. The van der Waals surface area contributed by atoms with Crippen molar-refractivity contribution in [2.45, 2.75) is 32.4 Å². The lowest BCUT2D eigenvalue weighted by Gasteiger charge is -2.23. The number of hydrogen-bond acceptors (Lipinski definition) is 3. The van der Waals surface area contributed by atoms with Crippen LogP contribution in [0.2, 0.25) is 0 Å². The number of ether oxygens (including phenoxy) is 1. The van der Waals surface area contributed by atoms with E-state index >= 15 is 0 Å². The fourth-order valence-electron chi connectivity index (χ4n) is 2.15. The van der Waals surface area contributed by atoms with Gasteiger partial charge in [0.2, 0.25) is 0 Å². The highest BCUT2D eigenvalue weighted by molar-refractivity contribution is 5.97. The maximum atomic E-state index is 13.3. The van der Waals surface area contributed by atoms with E-state index in [1.54, 1.807) is 57.2 Å². The molecule has 2 aromatic rings. The van der Waals surface area contributed by atoms with Crippen LogP contribution in [0.1, 0.15) is 32.4 Å². The van der Waals surface area contributed by atoms with Gasteiger partial charge in [0.25, 0.3) is 5.91 Å². The first kappa shape index (κ1) is 18.4. The molecule has 2 aromatic carbocycles. The van der Waals surface area contributed by atoms with Gasteiger partial charge in [0.15, 0.2) is 0 Å². The molecule has 1 unspecified atom stereocenters. The predicted molar refractivity (Wildman–Crippen MR) is 93.6 cm³/mol. The zero-order valence-corrected chi connectivity index (χ0v) is 14.4. The van der Waals surface area contributed by atoms with Gasteiger partial charge in [0.1, 0.15) is 17.5 Å². The van der Waals surface area contributed by atoms with Gasteiger partial charge in [-0.15, -0.1) is 0 Å². The van der Waals surface area contributed by atoms with Gasteiger partial charge in [-0.1, -0.05) is 36.4 Å². The molecule has 0 aliphatic rings. The summed E-state index contributed by atoms with van der Waals surface area (Å²) in [5, 5.41) is 5.16. The van der Waals surface area contributed by atoms with E-state index in [1.807, 2.05) is 0 Å². The van der Waals surface area contributed by atoms with Crippen LogP contribution in [0.15, 0.2) is 54.6 Å². The third-order valence-electron chi connectivity index (χ3n) is 3.15. The molecule has 25 heavy (non-hydrogen) atoms. The van der Waals surface area contributed by atoms with Gasteiger partial charge in [0.05, 0.1) is 0 Å². The second-order valence-corrected chi connectivity index (χ2v) is 6.49. The average Bonchev–Trinajstić information content (AvgIpc) is 2.51. The summed E-state index contributed by atoms with van der Waals surface area (Å²) in [6.07, 6.45) is -0.712. The van der Waals surface area contributed by atoms with E-state index in [4.69, 9.17) is 4.74 Å². The minimum atomic E-state index is -0.973. The van der Waals surface area contributed by atoms with Crippen LogP contribution in [0, 0.1) is 5.82 Å². The molecule has 0 aromatic heterocycles. The first-order chi connectivity index (χ1) is 11.7. The van der Waals surface area contributed by atoms with Crippen molar-refractivity contribution >= 4 is 17.7 Å². The Hall–Kier alpha value is -2.89. The monoisotopic (exact) mass is 344 g/mol. The summed E-state index contributed by atoms with van der Waals surface area (Å²) >= 11 is 0. The third-order valence-corrected chi connectivity index (χ3v) is 3.15. The van der Waals surface area contributed by atoms with E-state index in [-0.39, 0.29) is 0 Å². The number of anilines is 1. The fourth-order valence-corrected chi connectivity index (χ4v) is 2.15. The molecular weight excluding hydrogens is 323 g/mol. The van der Waals surface area contributed by atoms with Gasteiger partial charge in [-0.3, -0.25) is 4.79 Å². The molecule has 2 amide bonds. The zero-order valence-electron chi connectivity index (χ0n) is 14.4. The van der Waals surface area contributed by atoms with Crippen molar-refractivity contribution in [1.29, 1.82) is 0 Å². The summed E-state index contributed by atoms with van der Waals surface area (Å²) in [7, 11) is 0. The Morgan fingerprint density at radius 1 is 1.04 bits per heavy atom. The summed E-state index contributed by atoms with van der Waals surface area (Å²) in [5.41, 5.74) is 0.198. The lowest BCUT2D eigenvalue weighted by atomic mass is 10.1. The van der Waals surface area contributed by atoms with E-state index in [2.05, 4.69) is 10.6 Å². The van der Waals surface area contributed by atoms with Crippen LogP contribution in [0.5, 0.6) is 0 Å². The Morgan fingerprint density at radius 2 is 1.72 bits per heavy atom. The van der Waals surface area contributed by atoms with E-state index in [0.717, 1.165) is 0 Å². The number of hydrogen-bond donors (Lipinski definition) is 2. The molecule has 0 aliphatic heterocycles. The summed E-state index contributed by atoms with van der Waals surface area (Å²) in [6.45, 7) is 5.20. The summed E-state index contributed by atoms with van der Waals surface area (Å²) < 4.78 is 18.5. The van der Waals surface area contributed by atoms with E-state index in [1.165, 1.54) is 18.2 Å². The van der Waals surface area contributed by atoms with Gasteiger partial charge >= 0.3 is 6.09 Å². The highest BCUT2D eigenvalue weighted by atomic mass is 19.1. The molecule has 0 aliphatic carbocycles. The van der Waals surface area contributed by atoms with E-state index in [9.17, 15) is 14.0 Å². The normalized spacial score (nSPS) is 12.2. The molecule has 5 nitrogen and oxygen atoms in total. The van der Waals surface area contributed by atoms with E-state index < -0.39 is 29.5 Å². The smallest absolute Gasteiger partial charge is 0.408 e. The molecule has 0 bridgehead atoms. The molecule has 0 heterocycles. The predicted octanol–water partition coefficient (Wildman–Crippen LogP) is 4.03. The van der Waals surface area contributed by atoms with Crippen LogP contribution in [0.3, 0.4) is 0 Å². The molecule has 2 rings (SSSR count). The maximum absolute atomic E-state index is 13.3. The third kappa shape index (κ3) is 5.91. The van der Waals surface area contributed by atoms with Gasteiger partial charge in [-0.05, 0) is 44.5 Å². The lowest BCUT2D eigenvalue weighted by Crippen LogP contribution is -2.40. The van der Waals surface area contributed by atoms with Crippen LogP contribution in [0.25, 0.3) is 0 Å². The molecule has 1 atom stereocenters. The van der Waals surface area contributed by atoms with Crippen LogP contribution in [-0.4, -0.2) is 17.6 Å². The number of carbonyl (C=O) groups excluding carboxylic acids is 2. The first-order valence-corrected chi connectivity index (χ1v) is 7.85. The Kier molecular flexibility index (Phi) is 5.75. The van der Waals surface area contributed by atoms with Crippen LogP contribution in [-0.2, 0) is 9.53 Å². The zero-order chi connectivity index (χ0) is 18.4. The molecular formula is C19H21FN2O3. The molecule has 0 saturated heterocycles. The minimum Gasteiger partial charge on any atom is -0.444 e. The van der Waals surface area contributed by atoms with Gasteiger partial charge in [0, 0.05) is 5.69 Å². The van der Waals surface area contributed by atoms with Crippen LogP contribution in [0.4, 0.5) is 14.9 Å².